The molecule has 0 bridgehead atoms. The average Bonchev–Trinajstić information content (AvgIpc) is 2.59. The minimum Gasteiger partial charge on any atom is -0.494 e. The standard InChI is InChI=1S/C17H27N3O3/c1-2-22-15-4-6-16(7-5-15)23-14-17(21)19-8-3-11-20-12-9-18-10-13-20/h4-7,18H,2-3,8-14H2,1H3,(H,19,21). The van der Waals surface area contributed by atoms with Gasteiger partial charge in [-0.2, -0.15) is 0 Å². The molecule has 0 spiro atoms. The van der Waals surface area contributed by atoms with Crippen LogP contribution in [0.4, 0.5) is 0 Å². The molecule has 1 aliphatic heterocycles. The maximum atomic E-state index is 11.8. The normalized spacial score (nSPS) is 15.2. The van der Waals surface area contributed by atoms with Crippen molar-refractivity contribution in [1.82, 2.24) is 15.5 Å². The molecule has 1 amide bonds. The van der Waals surface area contributed by atoms with Crippen molar-refractivity contribution in [3.63, 3.8) is 0 Å². The molecule has 0 saturated carbocycles. The van der Waals surface area contributed by atoms with Crippen LogP contribution in [0.25, 0.3) is 0 Å². The Kier molecular flexibility index (Phi) is 7.69. The zero-order chi connectivity index (χ0) is 16.3. The van der Waals surface area contributed by atoms with Gasteiger partial charge in [-0.1, -0.05) is 0 Å². The van der Waals surface area contributed by atoms with Crippen molar-refractivity contribution < 1.29 is 14.3 Å². The second kappa shape index (κ2) is 10.1. The first-order chi connectivity index (χ1) is 11.3. The molecule has 1 fully saturated rings. The van der Waals surface area contributed by atoms with Crippen LogP contribution in [0, 0.1) is 0 Å². The number of amides is 1. The number of carbonyl (C=O) groups is 1. The Morgan fingerprint density at radius 2 is 1.83 bits per heavy atom. The molecule has 0 aromatic heterocycles. The summed E-state index contributed by atoms with van der Waals surface area (Å²) in [4.78, 5) is 14.2. The van der Waals surface area contributed by atoms with Gasteiger partial charge >= 0.3 is 0 Å². The van der Waals surface area contributed by atoms with E-state index >= 15 is 0 Å². The van der Waals surface area contributed by atoms with E-state index < -0.39 is 0 Å². The molecule has 0 unspecified atom stereocenters. The summed E-state index contributed by atoms with van der Waals surface area (Å²) in [6.45, 7) is 8.64. The van der Waals surface area contributed by atoms with E-state index in [1.165, 1.54) is 0 Å². The smallest absolute Gasteiger partial charge is 0.257 e. The molecule has 0 atom stereocenters. The van der Waals surface area contributed by atoms with Crippen molar-refractivity contribution in [2.24, 2.45) is 0 Å². The zero-order valence-corrected chi connectivity index (χ0v) is 13.8. The van der Waals surface area contributed by atoms with Gasteiger partial charge < -0.3 is 25.0 Å². The zero-order valence-electron chi connectivity index (χ0n) is 13.8. The number of nitrogens with one attached hydrogen (secondary N) is 2. The first-order valence-electron chi connectivity index (χ1n) is 8.33. The molecule has 1 aromatic carbocycles. The first-order valence-corrected chi connectivity index (χ1v) is 8.33. The van der Waals surface area contributed by atoms with Gasteiger partial charge in [0.25, 0.3) is 5.91 Å². The van der Waals surface area contributed by atoms with Crippen molar-refractivity contribution >= 4 is 5.91 Å². The number of piperazine rings is 1. The van der Waals surface area contributed by atoms with E-state index in [0.29, 0.717) is 18.9 Å². The fourth-order valence-electron chi connectivity index (χ4n) is 2.46. The van der Waals surface area contributed by atoms with Crippen LogP contribution in [0.15, 0.2) is 24.3 Å². The SMILES string of the molecule is CCOc1ccc(OCC(=O)NCCCN2CCNCC2)cc1. The van der Waals surface area contributed by atoms with Crippen LogP contribution in [-0.4, -0.2) is 63.3 Å². The second-order valence-electron chi connectivity index (χ2n) is 5.49. The molecule has 1 saturated heterocycles. The molecule has 2 rings (SSSR count). The second-order valence-corrected chi connectivity index (χ2v) is 5.49. The monoisotopic (exact) mass is 321 g/mol. The van der Waals surface area contributed by atoms with Gasteiger partial charge in [0.1, 0.15) is 11.5 Å². The Hall–Kier alpha value is -1.79. The predicted octanol–water partition coefficient (Wildman–Crippen LogP) is 0.876. The largest absolute Gasteiger partial charge is 0.494 e. The molecule has 1 heterocycles. The van der Waals surface area contributed by atoms with E-state index in [4.69, 9.17) is 9.47 Å². The van der Waals surface area contributed by atoms with Crippen LogP contribution < -0.4 is 20.1 Å². The van der Waals surface area contributed by atoms with Crippen molar-refractivity contribution in [2.45, 2.75) is 13.3 Å². The molecule has 1 aliphatic rings. The summed E-state index contributed by atoms with van der Waals surface area (Å²) in [5, 5.41) is 6.22. The summed E-state index contributed by atoms with van der Waals surface area (Å²) < 4.78 is 10.8. The molecule has 0 aliphatic carbocycles. The molecule has 0 radical (unpaired) electrons. The van der Waals surface area contributed by atoms with Gasteiger partial charge in [0.05, 0.1) is 6.61 Å². The topological polar surface area (TPSA) is 62.8 Å². The van der Waals surface area contributed by atoms with E-state index in [0.717, 1.165) is 44.9 Å². The summed E-state index contributed by atoms with van der Waals surface area (Å²) in [7, 11) is 0. The molecule has 2 N–H and O–H groups in total. The molecular weight excluding hydrogens is 294 g/mol. The van der Waals surface area contributed by atoms with Crippen molar-refractivity contribution in [1.29, 1.82) is 0 Å². The first kappa shape index (κ1) is 17.6. The lowest BCUT2D eigenvalue weighted by Gasteiger charge is -2.27. The highest BCUT2D eigenvalue weighted by molar-refractivity contribution is 5.77. The lowest BCUT2D eigenvalue weighted by atomic mass is 10.3. The number of hydrogen-bond donors (Lipinski definition) is 2. The minimum atomic E-state index is -0.0841. The summed E-state index contributed by atoms with van der Waals surface area (Å²) in [5.41, 5.74) is 0. The van der Waals surface area contributed by atoms with Crippen LogP contribution in [-0.2, 0) is 4.79 Å². The highest BCUT2D eigenvalue weighted by atomic mass is 16.5. The summed E-state index contributed by atoms with van der Waals surface area (Å²) in [5.74, 6) is 1.39. The number of nitrogens with zero attached hydrogens (tertiary/aromatic N) is 1. The van der Waals surface area contributed by atoms with Crippen LogP contribution >= 0.6 is 0 Å². The van der Waals surface area contributed by atoms with Gasteiger partial charge in [-0.15, -0.1) is 0 Å². The van der Waals surface area contributed by atoms with Crippen LogP contribution in [0.5, 0.6) is 11.5 Å². The summed E-state index contributed by atoms with van der Waals surface area (Å²) >= 11 is 0. The Bertz CT molecular complexity index is 459. The van der Waals surface area contributed by atoms with Crippen molar-refractivity contribution in [2.75, 3.05) is 52.5 Å². The maximum absolute atomic E-state index is 11.8. The van der Waals surface area contributed by atoms with Gasteiger partial charge in [-0.25, -0.2) is 0 Å². The Labute approximate surface area is 138 Å². The van der Waals surface area contributed by atoms with Gasteiger partial charge in [-0.05, 0) is 44.2 Å². The van der Waals surface area contributed by atoms with E-state index in [-0.39, 0.29) is 12.5 Å². The quantitative estimate of drug-likeness (QED) is 0.661. The number of benzene rings is 1. The summed E-state index contributed by atoms with van der Waals surface area (Å²) in [6, 6.07) is 7.29. The molecule has 6 heteroatoms. The maximum Gasteiger partial charge on any atom is 0.257 e. The number of carbonyl (C=O) groups excluding carboxylic acids is 1. The van der Waals surface area contributed by atoms with Crippen LogP contribution in [0.3, 0.4) is 0 Å². The lowest BCUT2D eigenvalue weighted by Crippen LogP contribution is -2.44. The number of hydrogen-bond acceptors (Lipinski definition) is 5. The lowest BCUT2D eigenvalue weighted by molar-refractivity contribution is -0.123. The molecule has 1 aromatic rings. The fourth-order valence-corrected chi connectivity index (χ4v) is 2.46. The molecular formula is C17H27N3O3. The van der Waals surface area contributed by atoms with E-state index in [1.807, 2.05) is 31.2 Å². The van der Waals surface area contributed by atoms with Gasteiger partial charge in [0, 0.05) is 32.7 Å². The van der Waals surface area contributed by atoms with Crippen LogP contribution in [0.2, 0.25) is 0 Å². The van der Waals surface area contributed by atoms with E-state index in [2.05, 4.69) is 15.5 Å². The fraction of sp³-hybridized carbons (Fsp3) is 0.588. The average molecular weight is 321 g/mol. The molecule has 6 nitrogen and oxygen atoms in total. The van der Waals surface area contributed by atoms with Crippen LogP contribution in [0.1, 0.15) is 13.3 Å². The van der Waals surface area contributed by atoms with Crippen molar-refractivity contribution in [3.05, 3.63) is 24.3 Å². The van der Waals surface area contributed by atoms with Crippen molar-refractivity contribution in [3.8, 4) is 11.5 Å². The number of rotatable bonds is 9. The highest BCUT2D eigenvalue weighted by Crippen LogP contribution is 2.17. The Morgan fingerprint density at radius 3 is 2.48 bits per heavy atom. The van der Waals surface area contributed by atoms with Gasteiger partial charge in [-0.3, -0.25) is 4.79 Å². The predicted molar refractivity (Wildman–Crippen MR) is 90.0 cm³/mol. The number of ether oxygens (including phenoxy) is 2. The third kappa shape index (κ3) is 6.88. The van der Waals surface area contributed by atoms with E-state index in [1.54, 1.807) is 0 Å². The Balaban J connectivity index is 1.55. The Morgan fingerprint density at radius 1 is 1.17 bits per heavy atom. The third-order valence-corrected chi connectivity index (χ3v) is 3.69. The molecule has 128 valence electrons. The van der Waals surface area contributed by atoms with Gasteiger partial charge in [0.15, 0.2) is 6.61 Å². The third-order valence-electron chi connectivity index (χ3n) is 3.69. The summed E-state index contributed by atoms with van der Waals surface area (Å²) in [6.07, 6.45) is 0.967. The highest BCUT2D eigenvalue weighted by Gasteiger charge is 2.09. The minimum absolute atomic E-state index is 0.0433. The van der Waals surface area contributed by atoms with E-state index in [9.17, 15) is 4.79 Å². The van der Waals surface area contributed by atoms with Gasteiger partial charge in [0.2, 0.25) is 0 Å². The molecule has 23 heavy (non-hydrogen) atoms.